The van der Waals surface area contributed by atoms with E-state index in [-0.39, 0.29) is 0 Å². The number of fused-ring (bicyclic) bond motifs is 1. The van der Waals surface area contributed by atoms with E-state index in [9.17, 15) is 0 Å². The summed E-state index contributed by atoms with van der Waals surface area (Å²) >= 11 is 0. The third kappa shape index (κ3) is 3.30. The Morgan fingerprint density at radius 2 is 1.91 bits per heavy atom. The molecule has 3 heteroatoms. The van der Waals surface area contributed by atoms with Gasteiger partial charge in [-0.2, -0.15) is 5.10 Å². The number of aryl methyl sites for hydroxylation is 3. The third-order valence-electron chi connectivity index (χ3n) is 3.92. The second-order valence-corrected chi connectivity index (χ2v) is 5.75. The van der Waals surface area contributed by atoms with E-state index in [1.807, 2.05) is 12.3 Å². The first-order valence-corrected chi connectivity index (χ1v) is 7.84. The maximum absolute atomic E-state index is 5.89. The number of nitrogens with zero attached hydrogens (tertiary/aromatic N) is 2. The Bertz CT molecular complexity index is 761. The summed E-state index contributed by atoms with van der Waals surface area (Å²) in [5.74, 6) is 1.00. The van der Waals surface area contributed by atoms with Crippen LogP contribution in [0.1, 0.15) is 24.0 Å². The van der Waals surface area contributed by atoms with Gasteiger partial charge in [0.1, 0.15) is 5.75 Å². The first-order valence-electron chi connectivity index (χ1n) is 7.84. The summed E-state index contributed by atoms with van der Waals surface area (Å²) < 4.78 is 7.97. The fourth-order valence-corrected chi connectivity index (χ4v) is 2.61. The minimum atomic E-state index is 0.753. The Morgan fingerprint density at radius 1 is 1.05 bits per heavy atom. The number of para-hydroxylation sites is 1. The Morgan fingerprint density at radius 3 is 2.82 bits per heavy atom. The zero-order valence-electron chi connectivity index (χ0n) is 13.2. The highest BCUT2D eigenvalue weighted by Crippen LogP contribution is 2.19. The van der Waals surface area contributed by atoms with Crippen molar-refractivity contribution in [2.24, 2.45) is 0 Å². The Labute approximate surface area is 131 Å². The fraction of sp³-hybridized carbons (Fsp3) is 0.316. The quantitative estimate of drug-likeness (QED) is 0.625. The van der Waals surface area contributed by atoms with Gasteiger partial charge >= 0.3 is 0 Å². The van der Waals surface area contributed by atoms with Crippen LogP contribution in [0.15, 0.2) is 48.7 Å². The number of aromatic nitrogens is 2. The Balaban J connectivity index is 1.49. The molecule has 1 aromatic heterocycles. The Hall–Kier alpha value is -2.29. The van der Waals surface area contributed by atoms with Crippen LogP contribution in [0.25, 0.3) is 10.9 Å². The van der Waals surface area contributed by atoms with Crippen molar-refractivity contribution in [2.75, 3.05) is 6.61 Å². The van der Waals surface area contributed by atoms with E-state index in [4.69, 9.17) is 4.74 Å². The van der Waals surface area contributed by atoms with Crippen molar-refractivity contribution in [3.05, 3.63) is 59.8 Å². The average Bonchev–Trinajstić information content (AvgIpc) is 2.94. The number of benzene rings is 2. The van der Waals surface area contributed by atoms with E-state index in [2.05, 4.69) is 60.0 Å². The van der Waals surface area contributed by atoms with Crippen LogP contribution >= 0.6 is 0 Å². The second kappa shape index (κ2) is 6.65. The first-order chi connectivity index (χ1) is 10.7. The molecule has 0 saturated heterocycles. The van der Waals surface area contributed by atoms with Crippen LogP contribution in [-0.2, 0) is 6.54 Å². The van der Waals surface area contributed by atoms with Crippen molar-refractivity contribution in [1.29, 1.82) is 0 Å². The van der Waals surface area contributed by atoms with Crippen molar-refractivity contribution in [3.63, 3.8) is 0 Å². The molecule has 0 atom stereocenters. The Kier molecular flexibility index (Phi) is 4.42. The van der Waals surface area contributed by atoms with Gasteiger partial charge in [0.2, 0.25) is 0 Å². The average molecular weight is 294 g/mol. The summed E-state index contributed by atoms with van der Waals surface area (Å²) in [6.45, 7) is 5.87. The number of unbranched alkanes of at least 4 members (excludes halogenated alkanes) is 1. The molecule has 0 aliphatic carbocycles. The number of ether oxygens (including phenoxy) is 1. The van der Waals surface area contributed by atoms with Crippen LogP contribution in [-0.4, -0.2) is 16.4 Å². The lowest BCUT2D eigenvalue weighted by Crippen LogP contribution is -2.04. The minimum absolute atomic E-state index is 0.753. The molecule has 0 N–H and O–H groups in total. The topological polar surface area (TPSA) is 27.1 Å². The second-order valence-electron chi connectivity index (χ2n) is 5.75. The lowest BCUT2D eigenvalue weighted by molar-refractivity contribution is 0.300. The van der Waals surface area contributed by atoms with Crippen LogP contribution in [0.4, 0.5) is 0 Å². The summed E-state index contributed by atoms with van der Waals surface area (Å²) in [5.41, 5.74) is 3.64. The van der Waals surface area contributed by atoms with E-state index in [0.29, 0.717) is 0 Å². The van der Waals surface area contributed by atoms with Crippen LogP contribution in [0.5, 0.6) is 5.75 Å². The zero-order chi connectivity index (χ0) is 15.4. The van der Waals surface area contributed by atoms with Gasteiger partial charge in [0.05, 0.1) is 18.3 Å². The fourth-order valence-electron chi connectivity index (χ4n) is 2.61. The molecule has 2 aromatic carbocycles. The predicted octanol–water partition coefficient (Wildman–Crippen LogP) is 4.51. The van der Waals surface area contributed by atoms with E-state index in [0.717, 1.165) is 31.7 Å². The standard InChI is InChI=1S/C19H22N2O/c1-15-9-10-16(2)19(13-15)22-12-6-5-11-21-18-8-4-3-7-17(18)14-20-21/h3-4,7-10,13-14H,5-6,11-12H2,1-2H3. The molecule has 3 aromatic rings. The van der Waals surface area contributed by atoms with Crippen molar-refractivity contribution < 1.29 is 4.74 Å². The molecule has 1 heterocycles. The molecule has 22 heavy (non-hydrogen) atoms. The minimum Gasteiger partial charge on any atom is -0.493 e. The summed E-state index contributed by atoms with van der Waals surface area (Å²) in [7, 11) is 0. The highest BCUT2D eigenvalue weighted by molar-refractivity contribution is 5.78. The zero-order valence-corrected chi connectivity index (χ0v) is 13.2. The van der Waals surface area contributed by atoms with E-state index in [1.54, 1.807) is 0 Å². The van der Waals surface area contributed by atoms with Crippen LogP contribution in [0.3, 0.4) is 0 Å². The van der Waals surface area contributed by atoms with Gasteiger partial charge in [-0.15, -0.1) is 0 Å². The van der Waals surface area contributed by atoms with E-state index in [1.165, 1.54) is 22.0 Å². The molecule has 0 fully saturated rings. The van der Waals surface area contributed by atoms with E-state index < -0.39 is 0 Å². The molecule has 0 saturated carbocycles. The van der Waals surface area contributed by atoms with Crippen LogP contribution in [0, 0.1) is 13.8 Å². The first kappa shape index (κ1) is 14.6. The molecular weight excluding hydrogens is 272 g/mol. The molecule has 0 spiro atoms. The van der Waals surface area contributed by atoms with Crippen molar-refractivity contribution in [3.8, 4) is 5.75 Å². The highest BCUT2D eigenvalue weighted by atomic mass is 16.5. The van der Waals surface area contributed by atoms with Gasteiger partial charge in [-0.05, 0) is 49.9 Å². The summed E-state index contributed by atoms with van der Waals surface area (Å²) in [4.78, 5) is 0. The van der Waals surface area contributed by atoms with Crippen molar-refractivity contribution >= 4 is 10.9 Å². The lowest BCUT2D eigenvalue weighted by Gasteiger charge is -2.10. The predicted molar refractivity (Wildman–Crippen MR) is 90.4 cm³/mol. The van der Waals surface area contributed by atoms with Crippen LogP contribution in [0.2, 0.25) is 0 Å². The SMILES string of the molecule is Cc1ccc(C)c(OCCCCn2ncc3ccccc32)c1. The molecule has 0 aliphatic rings. The van der Waals surface area contributed by atoms with Gasteiger partial charge in [-0.25, -0.2) is 0 Å². The summed E-state index contributed by atoms with van der Waals surface area (Å²) in [5, 5.41) is 5.66. The molecule has 3 rings (SSSR count). The number of hydrogen-bond donors (Lipinski definition) is 0. The monoisotopic (exact) mass is 294 g/mol. The number of hydrogen-bond acceptors (Lipinski definition) is 2. The lowest BCUT2D eigenvalue weighted by atomic mass is 10.1. The molecular formula is C19H22N2O. The van der Waals surface area contributed by atoms with E-state index >= 15 is 0 Å². The van der Waals surface area contributed by atoms with Crippen molar-refractivity contribution in [2.45, 2.75) is 33.2 Å². The maximum atomic E-state index is 5.89. The molecule has 0 radical (unpaired) electrons. The molecule has 0 amide bonds. The van der Waals surface area contributed by atoms with Gasteiger partial charge < -0.3 is 4.74 Å². The smallest absolute Gasteiger partial charge is 0.122 e. The van der Waals surface area contributed by atoms with Gasteiger partial charge in [-0.1, -0.05) is 30.3 Å². The summed E-state index contributed by atoms with van der Waals surface area (Å²) in [6.07, 6.45) is 4.03. The molecule has 0 bridgehead atoms. The molecule has 0 aliphatic heterocycles. The van der Waals surface area contributed by atoms with Gasteiger partial charge in [0.15, 0.2) is 0 Å². The third-order valence-corrected chi connectivity index (χ3v) is 3.92. The summed E-state index contributed by atoms with van der Waals surface area (Å²) in [6, 6.07) is 14.7. The highest BCUT2D eigenvalue weighted by Gasteiger charge is 2.02. The van der Waals surface area contributed by atoms with Gasteiger partial charge in [-0.3, -0.25) is 4.68 Å². The largest absolute Gasteiger partial charge is 0.493 e. The maximum Gasteiger partial charge on any atom is 0.122 e. The van der Waals surface area contributed by atoms with Crippen molar-refractivity contribution in [1.82, 2.24) is 9.78 Å². The van der Waals surface area contributed by atoms with Gasteiger partial charge in [0.25, 0.3) is 0 Å². The molecule has 114 valence electrons. The molecule has 0 unspecified atom stereocenters. The van der Waals surface area contributed by atoms with Crippen LogP contribution < -0.4 is 4.74 Å². The molecule has 3 nitrogen and oxygen atoms in total. The normalized spacial score (nSPS) is 11.0. The number of rotatable bonds is 6. The van der Waals surface area contributed by atoms with Gasteiger partial charge in [0, 0.05) is 11.9 Å².